The lowest BCUT2D eigenvalue weighted by Gasteiger charge is -2.35. The van der Waals surface area contributed by atoms with Gasteiger partial charge in [0.2, 0.25) is 0 Å². The third-order valence-corrected chi connectivity index (χ3v) is 4.32. The van der Waals surface area contributed by atoms with E-state index in [1.807, 2.05) is 12.1 Å². The van der Waals surface area contributed by atoms with E-state index in [9.17, 15) is 0 Å². The molecule has 1 unspecified atom stereocenters. The SMILES string of the molecule is C#CCNC(=NC)NCC(c1ccc(OC)c(OC)c1)N1CCOCC1.I. The van der Waals surface area contributed by atoms with Crippen LogP contribution in [0, 0.1) is 12.3 Å². The summed E-state index contributed by atoms with van der Waals surface area (Å²) in [6.07, 6.45) is 5.31. The van der Waals surface area contributed by atoms with Crippen molar-refractivity contribution in [3.8, 4) is 23.8 Å². The summed E-state index contributed by atoms with van der Waals surface area (Å²) >= 11 is 0. The van der Waals surface area contributed by atoms with Crippen LogP contribution >= 0.6 is 24.0 Å². The number of morpholine rings is 1. The number of ether oxygens (including phenoxy) is 3. The fraction of sp³-hybridized carbons (Fsp3) is 0.526. The summed E-state index contributed by atoms with van der Waals surface area (Å²) in [5.74, 6) is 4.68. The second kappa shape index (κ2) is 12.6. The highest BCUT2D eigenvalue weighted by Crippen LogP contribution is 2.32. The van der Waals surface area contributed by atoms with Crippen LogP contribution in [0.2, 0.25) is 0 Å². The van der Waals surface area contributed by atoms with E-state index in [-0.39, 0.29) is 30.0 Å². The van der Waals surface area contributed by atoms with E-state index in [4.69, 9.17) is 20.6 Å². The number of hydrogen-bond donors (Lipinski definition) is 2. The largest absolute Gasteiger partial charge is 0.493 e. The van der Waals surface area contributed by atoms with Crippen LogP contribution in [0.5, 0.6) is 11.5 Å². The predicted octanol–water partition coefficient (Wildman–Crippen LogP) is 1.49. The number of methoxy groups -OCH3 is 2. The Kier molecular flexibility index (Phi) is 10.9. The summed E-state index contributed by atoms with van der Waals surface area (Å²) in [5, 5.41) is 6.44. The predicted molar refractivity (Wildman–Crippen MR) is 118 cm³/mol. The van der Waals surface area contributed by atoms with Gasteiger partial charge in [-0.15, -0.1) is 30.4 Å². The van der Waals surface area contributed by atoms with Crippen LogP contribution in [-0.4, -0.2) is 71.5 Å². The molecule has 2 rings (SSSR count). The van der Waals surface area contributed by atoms with Gasteiger partial charge in [0.1, 0.15) is 0 Å². The Morgan fingerprint density at radius 2 is 1.96 bits per heavy atom. The van der Waals surface area contributed by atoms with Crippen molar-refractivity contribution in [1.29, 1.82) is 0 Å². The topological polar surface area (TPSA) is 67.4 Å². The average Bonchev–Trinajstić information content (AvgIpc) is 2.71. The second-order valence-electron chi connectivity index (χ2n) is 5.79. The van der Waals surface area contributed by atoms with Gasteiger partial charge < -0.3 is 24.8 Å². The minimum atomic E-state index is 0. The van der Waals surface area contributed by atoms with Gasteiger partial charge in [-0.2, -0.15) is 0 Å². The summed E-state index contributed by atoms with van der Waals surface area (Å²) in [6.45, 7) is 4.31. The fourth-order valence-corrected chi connectivity index (χ4v) is 2.96. The second-order valence-corrected chi connectivity index (χ2v) is 5.79. The standard InChI is InChI=1S/C19H28N4O3.HI/c1-5-8-21-19(20-2)22-14-16(23-9-11-26-12-10-23)15-6-7-17(24-3)18(13-15)25-4;/h1,6-7,13,16H,8-12,14H2,2-4H3,(H2,20,21,22);1H. The third-order valence-electron chi connectivity index (χ3n) is 4.32. The number of hydrogen-bond acceptors (Lipinski definition) is 5. The molecule has 1 aliphatic heterocycles. The van der Waals surface area contributed by atoms with Gasteiger partial charge in [-0.25, -0.2) is 0 Å². The summed E-state index contributed by atoms with van der Waals surface area (Å²) < 4.78 is 16.3. The smallest absolute Gasteiger partial charge is 0.191 e. The summed E-state index contributed by atoms with van der Waals surface area (Å²) in [5.41, 5.74) is 1.14. The Bertz CT molecular complexity index is 642. The summed E-state index contributed by atoms with van der Waals surface area (Å²) in [7, 11) is 5.01. The molecule has 1 atom stereocenters. The molecule has 8 heteroatoms. The first-order valence-electron chi connectivity index (χ1n) is 8.65. The van der Waals surface area contributed by atoms with Crippen molar-refractivity contribution in [2.75, 3.05) is 60.7 Å². The van der Waals surface area contributed by atoms with Crippen molar-refractivity contribution < 1.29 is 14.2 Å². The van der Waals surface area contributed by atoms with Gasteiger partial charge in [0.15, 0.2) is 17.5 Å². The lowest BCUT2D eigenvalue weighted by molar-refractivity contribution is 0.0169. The van der Waals surface area contributed by atoms with Gasteiger partial charge in [0, 0.05) is 26.7 Å². The van der Waals surface area contributed by atoms with Crippen LogP contribution in [0.4, 0.5) is 0 Å². The molecule has 0 amide bonds. The molecule has 7 nitrogen and oxygen atoms in total. The Morgan fingerprint density at radius 3 is 2.56 bits per heavy atom. The highest BCUT2D eigenvalue weighted by atomic mass is 127. The first kappa shape index (κ1) is 23.3. The normalized spacial score (nSPS) is 15.9. The molecule has 0 spiro atoms. The Balaban J connectivity index is 0.00000364. The Labute approximate surface area is 178 Å². The molecule has 1 saturated heterocycles. The number of nitrogens with zero attached hydrogens (tertiary/aromatic N) is 2. The number of guanidine groups is 1. The summed E-state index contributed by atoms with van der Waals surface area (Å²) in [4.78, 5) is 6.60. The van der Waals surface area contributed by atoms with Crippen molar-refractivity contribution in [2.24, 2.45) is 4.99 Å². The lowest BCUT2D eigenvalue weighted by atomic mass is 10.0. The van der Waals surface area contributed by atoms with Crippen molar-refractivity contribution in [2.45, 2.75) is 6.04 Å². The number of benzene rings is 1. The average molecular weight is 488 g/mol. The first-order valence-corrected chi connectivity index (χ1v) is 8.65. The molecule has 1 fully saturated rings. The zero-order chi connectivity index (χ0) is 18.8. The van der Waals surface area contributed by atoms with Crippen LogP contribution in [0.3, 0.4) is 0 Å². The van der Waals surface area contributed by atoms with E-state index in [0.717, 1.165) is 43.4 Å². The molecule has 1 aliphatic rings. The van der Waals surface area contributed by atoms with Crippen molar-refractivity contribution >= 4 is 29.9 Å². The molecule has 1 aromatic carbocycles. The molecule has 1 aromatic rings. The zero-order valence-electron chi connectivity index (χ0n) is 16.2. The van der Waals surface area contributed by atoms with Crippen LogP contribution < -0.4 is 20.1 Å². The quantitative estimate of drug-likeness (QED) is 0.263. The number of rotatable bonds is 7. The van der Waals surface area contributed by atoms with Crippen LogP contribution in [0.1, 0.15) is 11.6 Å². The number of halogens is 1. The van der Waals surface area contributed by atoms with Gasteiger partial charge >= 0.3 is 0 Å². The summed E-state index contributed by atoms with van der Waals surface area (Å²) in [6, 6.07) is 6.18. The zero-order valence-corrected chi connectivity index (χ0v) is 18.5. The Hall–Kier alpha value is -1.70. The van der Waals surface area contributed by atoms with Crippen LogP contribution in [-0.2, 0) is 4.74 Å². The maximum Gasteiger partial charge on any atom is 0.191 e. The van der Waals surface area contributed by atoms with Gasteiger partial charge in [-0.3, -0.25) is 9.89 Å². The van der Waals surface area contributed by atoms with Gasteiger partial charge in [0.25, 0.3) is 0 Å². The fourth-order valence-electron chi connectivity index (χ4n) is 2.96. The van der Waals surface area contributed by atoms with Crippen molar-refractivity contribution in [3.63, 3.8) is 0 Å². The molecule has 0 bridgehead atoms. The monoisotopic (exact) mass is 488 g/mol. The maximum atomic E-state index is 5.50. The van der Waals surface area contributed by atoms with Gasteiger partial charge in [-0.1, -0.05) is 12.0 Å². The van der Waals surface area contributed by atoms with Gasteiger partial charge in [-0.05, 0) is 17.7 Å². The Morgan fingerprint density at radius 1 is 1.26 bits per heavy atom. The third kappa shape index (κ3) is 6.75. The number of terminal acetylenes is 1. The van der Waals surface area contributed by atoms with Crippen LogP contribution in [0.25, 0.3) is 0 Å². The molecule has 27 heavy (non-hydrogen) atoms. The van der Waals surface area contributed by atoms with E-state index in [0.29, 0.717) is 19.0 Å². The maximum absolute atomic E-state index is 5.50. The van der Waals surface area contributed by atoms with E-state index < -0.39 is 0 Å². The van der Waals surface area contributed by atoms with Gasteiger partial charge in [0.05, 0.1) is 40.0 Å². The van der Waals surface area contributed by atoms with E-state index in [1.165, 1.54) is 0 Å². The molecule has 150 valence electrons. The molecule has 0 aromatic heterocycles. The molecule has 0 saturated carbocycles. The van der Waals surface area contributed by atoms with E-state index >= 15 is 0 Å². The molecule has 0 aliphatic carbocycles. The molecular formula is C19H29IN4O3. The number of nitrogens with one attached hydrogen (secondary N) is 2. The van der Waals surface area contributed by atoms with E-state index in [1.54, 1.807) is 21.3 Å². The lowest BCUT2D eigenvalue weighted by Crippen LogP contribution is -2.46. The molecule has 2 N–H and O–H groups in total. The van der Waals surface area contributed by atoms with Crippen molar-refractivity contribution in [3.05, 3.63) is 23.8 Å². The highest BCUT2D eigenvalue weighted by molar-refractivity contribution is 14.0. The molecule has 0 radical (unpaired) electrons. The molecule has 1 heterocycles. The first-order chi connectivity index (χ1) is 12.7. The highest BCUT2D eigenvalue weighted by Gasteiger charge is 2.24. The van der Waals surface area contributed by atoms with E-state index in [2.05, 4.69) is 32.5 Å². The minimum absolute atomic E-state index is 0. The number of aliphatic imine (C=N–C) groups is 1. The van der Waals surface area contributed by atoms with Crippen molar-refractivity contribution in [1.82, 2.24) is 15.5 Å². The van der Waals surface area contributed by atoms with Crippen LogP contribution in [0.15, 0.2) is 23.2 Å². The molecular weight excluding hydrogens is 459 g/mol. The minimum Gasteiger partial charge on any atom is -0.493 e.